The Morgan fingerprint density at radius 3 is 2.52 bits per heavy atom. The molecule has 2 N–H and O–H groups in total. The number of nitrogens with two attached hydrogens (primary N) is 1. The summed E-state index contributed by atoms with van der Waals surface area (Å²) in [6.07, 6.45) is 5.93. The number of likely N-dealkylation sites (tertiary alicyclic amines) is 1. The van der Waals surface area contributed by atoms with Gasteiger partial charge >= 0.3 is 0 Å². The summed E-state index contributed by atoms with van der Waals surface area (Å²) in [5, 5.41) is 0.985. The molecule has 112 valence electrons. The third-order valence-electron chi connectivity index (χ3n) is 4.03. The molecule has 1 aromatic heterocycles. The van der Waals surface area contributed by atoms with Crippen LogP contribution in [0, 0.1) is 0 Å². The van der Waals surface area contributed by atoms with Crippen LogP contribution in [-0.4, -0.2) is 23.9 Å². The first kappa shape index (κ1) is 14.9. The summed E-state index contributed by atoms with van der Waals surface area (Å²) >= 11 is 4.98. The molecular weight excluding hydrogens is 348 g/mol. The number of benzene rings is 1. The van der Waals surface area contributed by atoms with Crippen molar-refractivity contribution in [1.82, 2.24) is 4.90 Å². The number of halogens is 1. The Kier molecular flexibility index (Phi) is 4.50. The van der Waals surface area contributed by atoms with E-state index in [2.05, 4.69) is 15.9 Å². The lowest BCUT2D eigenvalue weighted by atomic mass is 10.1. The van der Waals surface area contributed by atoms with Crippen molar-refractivity contribution in [1.29, 1.82) is 0 Å². The Morgan fingerprint density at radius 2 is 1.81 bits per heavy atom. The molecule has 0 spiro atoms. The van der Waals surface area contributed by atoms with E-state index >= 15 is 0 Å². The zero-order valence-electron chi connectivity index (χ0n) is 11.9. The molecule has 3 nitrogen and oxygen atoms in total. The van der Waals surface area contributed by atoms with Crippen LogP contribution in [0.1, 0.15) is 41.8 Å². The molecular formula is C16H19BrN2OS. The van der Waals surface area contributed by atoms with Gasteiger partial charge in [-0.25, -0.2) is 0 Å². The number of rotatable bonds is 1. The van der Waals surface area contributed by atoms with Gasteiger partial charge in [-0.3, -0.25) is 4.79 Å². The van der Waals surface area contributed by atoms with Gasteiger partial charge < -0.3 is 10.6 Å². The van der Waals surface area contributed by atoms with Crippen LogP contribution in [0.15, 0.2) is 22.7 Å². The van der Waals surface area contributed by atoms with Crippen LogP contribution in [0.3, 0.4) is 0 Å². The minimum absolute atomic E-state index is 0.103. The number of carbonyl (C=O) groups excluding carboxylic acids is 1. The summed E-state index contributed by atoms with van der Waals surface area (Å²) in [7, 11) is 0. The lowest BCUT2D eigenvalue weighted by molar-refractivity contribution is 0.0748. The number of nitrogen functional groups attached to an aromatic ring is 1. The Bertz CT molecular complexity index is 660. The van der Waals surface area contributed by atoms with Gasteiger partial charge in [0.2, 0.25) is 0 Å². The highest BCUT2D eigenvalue weighted by Gasteiger charge is 2.22. The van der Waals surface area contributed by atoms with Gasteiger partial charge in [-0.05, 0) is 25.0 Å². The van der Waals surface area contributed by atoms with Gasteiger partial charge in [-0.15, -0.1) is 11.3 Å². The number of nitrogens with zero attached hydrogens (tertiary/aromatic N) is 1. The standard InChI is InChI=1S/C16H19BrN2OS/c17-11-6-7-12-13(10-11)21-15(14(12)18)16(20)19-8-4-2-1-3-5-9-19/h6-7,10H,1-5,8-9,18H2. The van der Waals surface area contributed by atoms with Crippen LogP contribution < -0.4 is 5.73 Å². The third kappa shape index (κ3) is 3.09. The topological polar surface area (TPSA) is 46.3 Å². The molecule has 1 saturated heterocycles. The van der Waals surface area contributed by atoms with Crippen molar-refractivity contribution in [2.45, 2.75) is 32.1 Å². The Morgan fingerprint density at radius 1 is 1.14 bits per heavy atom. The van der Waals surface area contributed by atoms with Crippen molar-refractivity contribution in [3.63, 3.8) is 0 Å². The van der Waals surface area contributed by atoms with Gasteiger partial charge in [0.1, 0.15) is 4.88 Å². The smallest absolute Gasteiger partial charge is 0.266 e. The first-order valence-corrected chi connectivity index (χ1v) is 9.04. The molecule has 1 fully saturated rings. The number of hydrogen-bond acceptors (Lipinski definition) is 3. The van der Waals surface area contributed by atoms with E-state index in [1.165, 1.54) is 30.6 Å². The van der Waals surface area contributed by atoms with E-state index in [0.29, 0.717) is 10.6 Å². The summed E-state index contributed by atoms with van der Waals surface area (Å²) < 4.78 is 2.08. The number of anilines is 1. The van der Waals surface area contributed by atoms with Gasteiger partial charge in [0.15, 0.2) is 0 Å². The Hall–Kier alpha value is -1.07. The second-order valence-electron chi connectivity index (χ2n) is 5.55. The monoisotopic (exact) mass is 366 g/mol. The molecule has 1 amide bonds. The molecule has 1 aliphatic rings. The van der Waals surface area contributed by atoms with Crippen molar-refractivity contribution in [2.24, 2.45) is 0 Å². The highest BCUT2D eigenvalue weighted by molar-refractivity contribution is 9.10. The molecule has 1 aliphatic heterocycles. The van der Waals surface area contributed by atoms with E-state index in [1.807, 2.05) is 23.1 Å². The normalized spacial score (nSPS) is 16.7. The quantitative estimate of drug-likeness (QED) is 0.797. The van der Waals surface area contributed by atoms with E-state index in [1.54, 1.807) is 0 Å². The SMILES string of the molecule is Nc1c(C(=O)N2CCCCCCC2)sc2cc(Br)ccc12. The third-order valence-corrected chi connectivity index (χ3v) is 5.68. The number of carbonyl (C=O) groups is 1. The first-order chi connectivity index (χ1) is 10.2. The van der Waals surface area contributed by atoms with Gasteiger partial charge in [0.05, 0.1) is 5.69 Å². The summed E-state index contributed by atoms with van der Waals surface area (Å²) in [6.45, 7) is 1.71. The maximum Gasteiger partial charge on any atom is 0.266 e. The number of thiophene rings is 1. The molecule has 5 heteroatoms. The lowest BCUT2D eigenvalue weighted by Crippen LogP contribution is -2.33. The van der Waals surface area contributed by atoms with E-state index in [-0.39, 0.29) is 5.91 Å². The second kappa shape index (κ2) is 6.36. The molecule has 2 aromatic rings. The molecule has 0 aliphatic carbocycles. The largest absolute Gasteiger partial charge is 0.397 e. The first-order valence-electron chi connectivity index (χ1n) is 7.43. The fourth-order valence-electron chi connectivity index (χ4n) is 2.84. The molecule has 2 heterocycles. The predicted molar refractivity (Wildman–Crippen MR) is 92.9 cm³/mol. The van der Waals surface area contributed by atoms with Crippen molar-refractivity contribution >= 4 is 48.9 Å². The number of fused-ring (bicyclic) bond motifs is 1. The molecule has 0 saturated carbocycles. The summed E-state index contributed by atoms with van der Waals surface area (Å²) in [5.74, 6) is 0.103. The van der Waals surface area contributed by atoms with Crippen LogP contribution >= 0.6 is 27.3 Å². The molecule has 0 atom stereocenters. The van der Waals surface area contributed by atoms with E-state index < -0.39 is 0 Å². The minimum atomic E-state index is 0.103. The van der Waals surface area contributed by atoms with E-state index in [9.17, 15) is 4.79 Å². The zero-order valence-corrected chi connectivity index (χ0v) is 14.3. The highest BCUT2D eigenvalue weighted by atomic mass is 79.9. The summed E-state index contributed by atoms with van der Waals surface area (Å²) in [5.41, 5.74) is 6.85. The van der Waals surface area contributed by atoms with Crippen LogP contribution in [0.25, 0.3) is 10.1 Å². The number of amides is 1. The molecule has 3 rings (SSSR count). The van der Waals surface area contributed by atoms with Crippen LogP contribution in [0.5, 0.6) is 0 Å². The van der Waals surface area contributed by atoms with Crippen molar-refractivity contribution < 1.29 is 4.79 Å². The molecule has 21 heavy (non-hydrogen) atoms. The fraction of sp³-hybridized carbons (Fsp3) is 0.438. The van der Waals surface area contributed by atoms with Crippen molar-refractivity contribution in [2.75, 3.05) is 18.8 Å². The van der Waals surface area contributed by atoms with Crippen molar-refractivity contribution in [3.05, 3.63) is 27.5 Å². The molecule has 0 radical (unpaired) electrons. The highest BCUT2D eigenvalue weighted by Crippen LogP contribution is 2.36. The molecule has 0 unspecified atom stereocenters. The van der Waals surface area contributed by atoms with Crippen LogP contribution in [-0.2, 0) is 0 Å². The lowest BCUT2D eigenvalue weighted by Gasteiger charge is -2.24. The van der Waals surface area contributed by atoms with Gasteiger partial charge in [0, 0.05) is 27.6 Å². The van der Waals surface area contributed by atoms with Gasteiger partial charge in [-0.1, -0.05) is 41.3 Å². The summed E-state index contributed by atoms with van der Waals surface area (Å²) in [4.78, 5) is 15.5. The van der Waals surface area contributed by atoms with Gasteiger partial charge in [-0.2, -0.15) is 0 Å². The molecule has 1 aromatic carbocycles. The minimum Gasteiger partial charge on any atom is -0.397 e. The number of hydrogen-bond donors (Lipinski definition) is 1. The zero-order chi connectivity index (χ0) is 14.8. The van der Waals surface area contributed by atoms with E-state index in [0.717, 1.165) is 40.5 Å². The van der Waals surface area contributed by atoms with Crippen LogP contribution in [0.4, 0.5) is 5.69 Å². The van der Waals surface area contributed by atoms with Gasteiger partial charge in [0.25, 0.3) is 5.91 Å². The Balaban J connectivity index is 1.91. The maximum absolute atomic E-state index is 12.8. The fourth-order valence-corrected chi connectivity index (χ4v) is 4.49. The molecule has 0 bridgehead atoms. The van der Waals surface area contributed by atoms with Crippen molar-refractivity contribution in [3.8, 4) is 0 Å². The summed E-state index contributed by atoms with van der Waals surface area (Å²) in [6, 6.07) is 5.98. The Labute approximate surface area is 137 Å². The predicted octanol–water partition coefficient (Wildman–Crippen LogP) is 4.65. The van der Waals surface area contributed by atoms with E-state index in [4.69, 9.17) is 5.73 Å². The second-order valence-corrected chi connectivity index (χ2v) is 7.51. The van der Waals surface area contributed by atoms with Crippen LogP contribution in [0.2, 0.25) is 0 Å². The average Bonchev–Trinajstić information content (AvgIpc) is 2.74. The maximum atomic E-state index is 12.8. The average molecular weight is 367 g/mol.